The monoisotopic (exact) mass is 233 g/mol. The Balaban J connectivity index is 2.84. The Labute approximate surface area is 92.2 Å². The zero-order valence-electron chi connectivity index (χ0n) is 9.14. The van der Waals surface area contributed by atoms with E-state index in [2.05, 4.69) is 0 Å². The van der Waals surface area contributed by atoms with Gasteiger partial charge in [-0.25, -0.2) is 0 Å². The number of rotatable bonds is 3. The Morgan fingerprint density at radius 3 is 2.38 bits per heavy atom. The molecule has 0 unspecified atom stereocenters. The average Bonchev–Trinajstić information content (AvgIpc) is 2.14. The van der Waals surface area contributed by atoms with Crippen LogP contribution < -0.4 is 5.73 Å². The molecule has 0 amide bonds. The zero-order valence-corrected chi connectivity index (χ0v) is 9.14. The van der Waals surface area contributed by atoms with Gasteiger partial charge in [-0.1, -0.05) is 6.07 Å². The van der Waals surface area contributed by atoms with Crippen molar-refractivity contribution >= 4 is 5.69 Å². The van der Waals surface area contributed by atoms with Gasteiger partial charge in [-0.05, 0) is 26.0 Å². The van der Waals surface area contributed by atoms with Crippen molar-refractivity contribution in [2.45, 2.75) is 32.7 Å². The van der Waals surface area contributed by atoms with Crippen LogP contribution in [0.5, 0.6) is 0 Å². The van der Waals surface area contributed by atoms with Crippen molar-refractivity contribution in [1.82, 2.24) is 0 Å². The maximum atomic E-state index is 12.3. The molecule has 2 nitrogen and oxygen atoms in total. The molecule has 0 radical (unpaired) electrons. The molecule has 16 heavy (non-hydrogen) atoms. The van der Waals surface area contributed by atoms with E-state index in [-0.39, 0.29) is 18.4 Å². The number of halogens is 3. The van der Waals surface area contributed by atoms with Gasteiger partial charge in [0.05, 0.1) is 18.3 Å². The van der Waals surface area contributed by atoms with Crippen LogP contribution in [0.3, 0.4) is 0 Å². The Morgan fingerprint density at radius 2 is 1.94 bits per heavy atom. The lowest BCUT2D eigenvalue weighted by Crippen LogP contribution is -2.08. The third kappa shape index (κ3) is 3.41. The number of anilines is 1. The quantitative estimate of drug-likeness (QED) is 0.813. The van der Waals surface area contributed by atoms with Crippen molar-refractivity contribution in [3.05, 3.63) is 29.3 Å². The summed E-state index contributed by atoms with van der Waals surface area (Å²) in [7, 11) is 0. The maximum absolute atomic E-state index is 12.3. The number of hydrogen-bond donors (Lipinski definition) is 1. The van der Waals surface area contributed by atoms with Crippen LogP contribution >= 0.6 is 0 Å². The van der Waals surface area contributed by atoms with Crippen molar-refractivity contribution in [1.29, 1.82) is 0 Å². The van der Waals surface area contributed by atoms with E-state index >= 15 is 0 Å². The van der Waals surface area contributed by atoms with Gasteiger partial charge in [-0.3, -0.25) is 0 Å². The molecule has 0 aliphatic rings. The number of hydrogen-bond acceptors (Lipinski definition) is 2. The Hall–Kier alpha value is -1.23. The molecule has 1 rings (SSSR count). The van der Waals surface area contributed by atoms with Gasteiger partial charge in [-0.2, -0.15) is 13.2 Å². The minimum atomic E-state index is -4.36. The molecule has 5 heteroatoms. The smallest absolute Gasteiger partial charge is 0.398 e. The fraction of sp³-hybridized carbons (Fsp3) is 0.455. The van der Waals surface area contributed by atoms with Gasteiger partial charge < -0.3 is 10.5 Å². The van der Waals surface area contributed by atoms with Gasteiger partial charge in [0.25, 0.3) is 0 Å². The third-order valence-corrected chi connectivity index (χ3v) is 2.05. The first-order valence-corrected chi connectivity index (χ1v) is 4.88. The molecule has 0 saturated carbocycles. The standard InChI is InChI=1S/C11H14F3NO/c1-7(2)16-6-8-3-4-9(5-10(8)15)11(12,13)14/h3-5,7H,6,15H2,1-2H3. The van der Waals surface area contributed by atoms with E-state index in [1.807, 2.05) is 13.8 Å². The molecule has 0 aromatic heterocycles. The van der Waals surface area contributed by atoms with Gasteiger partial charge in [0.15, 0.2) is 0 Å². The summed E-state index contributed by atoms with van der Waals surface area (Å²) in [5.41, 5.74) is 5.46. The second kappa shape index (κ2) is 4.74. The Morgan fingerprint density at radius 1 is 1.31 bits per heavy atom. The third-order valence-electron chi connectivity index (χ3n) is 2.05. The topological polar surface area (TPSA) is 35.2 Å². The van der Waals surface area contributed by atoms with E-state index < -0.39 is 11.7 Å². The fourth-order valence-corrected chi connectivity index (χ4v) is 1.16. The number of ether oxygens (including phenoxy) is 1. The Bertz CT molecular complexity index is 361. The lowest BCUT2D eigenvalue weighted by molar-refractivity contribution is -0.137. The summed E-state index contributed by atoms with van der Waals surface area (Å²) < 4.78 is 42.3. The molecule has 2 N–H and O–H groups in total. The molecule has 0 fully saturated rings. The maximum Gasteiger partial charge on any atom is 0.416 e. The molecule has 0 bridgehead atoms. The molecule has 1 aromatic carbocycles. The molecule has 0 atom stereocenters. The summed E-state index contributed by atoms with van der Waals surface area (Å²) in [5.74, 6) is 0. The molecular weight excluding hydrogens is 219 g/mol. The largest absolute Gasteiger partial charge is 0.416 e. The van der Waals surface area contributed by atoms with Crippen molar-refractivity contribution in [3.63, 3.8) is 0 Å². The fourth-order valence-electron chi connectivity index (χ4n) is 1.16. The first-order chi connectivity index (χ1) is 7.30. The van der Waals surface area contributed by atoms with E-state index in [1.54, 1.807) is 0 Å². The van der Waals surface area contributed by atoms with Gasteiger partial charge >= 0.3 is 6.18 Å². The van der Waals surface area contributed by atoms with E-state index in [9.17, 15) is 13.2 Å². The molecule has 90 valence electrons. The van der Waals surface area contributed by atoms with Crippen LogP contribution in [0.4, 0.5) is 18.9 Å². The second-order valence-corrected chi connectivity index (χ2v) is 3.77. The predicted octanol–water partition coefficient (Wildman–Crippen LogP) is 3.21. The lowest BCUT2D eigenvalue weighted by Gasteiger charge is -2.12. The van der Waals surface area contributed by atoms with E-state index in [0.29, 0.717) is 5.56 Å². The van der Waals surface area contributed by atoms with Crippen LogP contribution in [0.15, 0.2) is 18.2 Å². The summed E-state index contributed by atoms with van der Waals surface area (Å²) >= 11 is 0. The van der Waals surface area contributed by atoms with Crippen molar-refractivity contribution < 1.29 is 17.9 Å². The summed E-state index contributed by atoms with van der Waals surface area (Å²) in [4.78, 5) is 0. The molecular formula is C11H14F3NO. The highest BCUT2D eigenvalue weighted by molar-refractivity contribution is 5.49. The molecule has 1 aromatic rings. The lowest BCUT2D eigenvalue weighted by atomic mass is 10.1. The summed E-state index contributed by atoms with van der Waals surface area (Å²) in [6, 6.07) is 3.29. The van der Waals surface area contributed by atoms with Crippen LogP contribution in [0.1, 0.15) is 25.0 Å². The van der Waals surface area contributed by atoms with Gasteiger partial charge in [0.1, 0.15) is 0 Å². The average molecular weight is 233 g/mol. The van der Waals surface area contributed by atoms with Crippen LogP contribution in [0.2, 0.25) is 0 Å². The minimum Gasteiger partial charge on any atom is -0.398 e. The van der Waals surface area contributed by atoms with E-state index in [1.165, 1.54) is 6.07 Å². The summed E-state index contributed by atoms with van der Waals surface area (Å²) in [6.07, 6.45) is -4.34. The number of benzene rings is 1. The minimum absolute atomic E-state index is 0.0155. The number of nitrogens with two attached hydrogens (primary N) is 1. The van der Waals surface area contributed by atoms with Crippen molar-refractivity contribution in [3.8, 4) is 0 Å². The van der Waals surface area contributed by atoms with Crippen molar-refractivity contribution in [2.24, 2.45) is 0 Å². The predicted molar refractivity (Wildman–Crippen MR) is 55.8 cm³/mol. The molecule has 0 saturated heterocycles. The molecule has 0 spiro atoms. The second-order valence-electron chi connectivity index (χ2n) is 3.77. The van der Waals surface area contributed by atoms with Crippen LogP contribution in [-0.2, 0) is 17.5 Å². The van der Waals surface area contributed by atoms with Crippen LogP contribution in [0, 0.1) is 0 Å². The highest BCUT2D eigenvalue weighted by Crippen LogP contribution is 2.31. The van der Waals surface area contributed by atoms with Gasteiger partial charge in [-0.15, -0.1) is 0 Å². The normalized spacial score (nSPS) is 12.1. The highest BCUT2D eigenvalue weighted by Gasteiger charge is 2.30. The SMILES string of the molecule is CC(C)OCc1ccc(C(F)(F)F)cc1N. The Kier molecular flexibility index (Phi) is 3.80. The molecule has 0 heterocycles. The highest BCUT2D eigenvalue weighted by atomic mass is 19.4. The van der Waals surface area contributed by atoms with Crippen LogP contribution in [0.25, 0.3) is 0 Å². The van der Waals surface area contributed by atoms with Crippen LogP contribution in [-0.4, -0.2) is 6.10 Å². The summed E-state index contributed by atoms with van der Waals surface area (Å²) in [5, 5.41) is 0. The molecule has 0 aliphatic heterocycles. The molecule has 0 aliphatic carbocycles. The van der Waals surface area contributed by atoms with Crippen molar-refractivity contribution in [2.75, 3.05) is 5.73 Å². The number of alkyl halides is 3. The zero-order chi connectivity index (χ0) is 12.3. The summed E-state index contributed by atoms with van der Waals surface area (Å²) in [6.45, 7) is 3.92. The number of nitrogen functional groups attached to an aromatic ring is 1. The first-order valence-electron chi connectivity index (χ1n) is 4.88. The first kappa shape index (κ1) is 12.8. The van der Waals surface area contributed by atoms with E-state index in [4.69, 9.17) is 10.5 Å². The van der Waals surface area contributed by atoms with Gasteiger partial charge in [0, 0.05) is 11.3 Å². The van der Waals surface area contributed by atoms with E-state index in [0.717, 1.165) is 12.1 Å². The van der Waals surface area contributed by atoms with Gasteiger partial charge in [0.2, 0.25) is 0 Å².